The first-order valence-electron chi connectivity index (χ1n) is 8.34. The second-order valence-corrected chi connectivity index (χ2v) is 6.32. The Balaban J connectivity index is 1.82. The molecule has 0 aromatic carbocycles. The van der Waals surface area contributed by atoms with Gasteiger partial charge in [0, 0.05) is 0 Å². The predicted molar refractivity (Wildman–Crippen MR) is 78.4 cm³/mol. The lowest BCUT2D eigenvalue weighted by atomic mass is 9.87. The molecule has 0 aromatic heterocycles. The summed E-state index contributed by atoms with van der Waals surface area (Å²) >= 11 is 0. The fourth-order valence-electron chi connectivity index (χ4n) is 3.37. The third-order valence-electron chi connectivity index (χ3n) is 4.76. The zero-order valence-electron chi connectivity index (χ0n) is 12.4. The summed E-state index contributed by atoms with van der Waals surface area (Å²) in [5.41, 5.74) is 0. The normalized spacial score (nSPS) is 33.8. The molecule has 0 amide bonds. The van der Waals surface area contributed by atoms with Crippen LogP contribution < -0.4 is 0 Å². The van der Waals surface area contributed by atoms with Crippen molar-refractivity contribution in [3.05, 3.63) is 4.91 Å². The Labute approximate surface area is 121 Å². The van der Waals surface area contributed by atoms with Gasteiger partial charge in [-0.1, -0.05) is 56.5 Å². The number of hydrogen-bond acceptors (Lipinski definition) is 4. The van der Waals surface area contributed by atoms with E-state index in [2.05, 4.69) is 5.18 Å². The van der Waals surface area contributed by atoms with E-state index in [0.29, 0.717) is 0 Å². The SMILES string of the molecule is O=NC1CCCCCCCCCCC2C(=O)OC2CC1. The molecule has 4 nitrogen and oxygen atoms in total. The van der Waals surface area contributed by atoms with Crippen LogP contribution >= 0.6 is 0 Å². The van der Waals surface area contributed by atoms with Crippen LogP contribution in [0.5, 0.6) is 0 Å². The van der Waals surface area contributed by atoms with Crippen LogP contribution in [0.4, 0.5) is 0 Å². The zero-order chi connectivity index (χ0) is 14.2. The van der Waals surface area contributed by atoms with E-state index in [-0.39, 0.29) is 24.0 Å². The van der Waals surface area contributed by atoms with Crippen LogP contribution in [0, 0.1) is 10.8 Å². The first-order chi connectivity index (χ1) is 9.81. The average Bonchev–Trinajstić information content (AvgIpc) is 2.45. The monoisotopic (exact) mass is 281 g/mol. The van der Waals surface area contributed by atoms with Gasteiger partial charge in [-0.2, -0.15) is 4.91 Å². The molecule has 1 saturated carbocycles. The number of nitrogens with zero attached hydrogens (tertiary/aromatic N) is 1. The van der Waals surface area contributed by atoms with Crippen LogP contribution in [-0.4, -0.2) is 18.1 Å². The summed E-state index contributed by atoms with van der Waals surface area (Å²) < 4.78 is 5.24. The van der Waals surface area contributed by atoms with Crippen LogP contribution in [0.1, 0.15) is 77.0 Å². The number of fused-ring (bicyclic) bond motifs is 1. The minimum absolute atomic E-state index is 0.0325. The van der Waals surface area contributed by atoms with Crippen molar-refractivity contribution in [2.75, 3.05) is 0 Å². The zero-order valence-corrected chi connectivity index (χ0v) is 12.4. The fraction of sp³-hybridized carbons (Fsp3) is 0.938. The van der Waals surface area contributed by atoms with E-state index in [1.807, 2.05) is 0 Å². The molecule has 0 bridgehead atoms. The molecule has 3 atom stereocenters. The Kier molecular flexibility index (Phi) is 6.48. The van der Waals surface area contributed by atoms with Gasteiger partial charge in [0.15, 0.2) is 0 Å². The fourth-order valence-corrected chi connectivity index (χ4v) is 3.37. The Hall–Kier alpha value is -0.930. The van der Waals surface area contributed by atoms with Crippen LogP contribution in [0.3, 0.4) is 0 Å². The highest BCUT2D eigenvalue weighted by Gasteiger charge is 2.41. The van der Waals surface area contributed by atoms with Gasteiger partial charge in [-0.3, -0.25) is 4.79 Å². The molecule has 0 radical (unpaired) electrons. The summed E-state index contributed by atoms with van der Waals surface area (Å²) in [5, 5.41) is 3.25. The third kappa shape index (κ3) is 4.57. The van der Waals surface area contributed by atoms with E-state index in [4.69, 9.17) is 4.74 Å². The minimum atomic E-state index is -0.0833. The lowest BCUT2D eigenvalue weighted by Gasteiger charge is -2.35. The maximum absolute atomic E-state index is 11.5. The Morgan fingerprint density at radius 1 is 0.800 bits per heavy atom. The van der Waals surface area contributed by atoms with E-state index in [1.165, 1.54) is 38.5 Å². The second kappa shape index (κ2) is 8.38. The molecule has 0 aromatic rings. The molecule has 0 N–H and O–H groups in total. The molecule has 2 rings (SSSR count). The van der Waals surface area contributed by atoms with Gasteiger partial charge in [0.25, 0.3) is 0 Å². The molecule has 114 valence electrons. The highest BCUT2D eigenvalue weighted by molar-refractivity contribution is 5.78. The smallest absolute Gasteiger partial charge is 0.313 e. The number of rotatable bonds is 1. The molecule has 2 fully saturated rings. The first-order valence-corrected chi connectivity index (χ1v) is 8.34. The Morgan fingerprint density at radius 2 is 1.40 bits per heavy atom. The summed E-state index contributed by atoms with van der Waals surface area (Å²) in [4.78, 5) is 22.4. The second-order valence-electron chi connectivity index (χ2n) is 6.32. The van der Waals surface area contributed by atoms with Gasteiger partial charge >= 0.3 is 5.97 Å². The van der Waals surface area contributed by atoms with E-state index in [0.717, 1.165) is 38.5 Å². The Morgan fingerprint density at radius 3 is 2.00 bits per heavy atom. The topological polar surface area (TPSA) is 55.7 Å². The molecule has 4 heteroatoms. The molecule has 1 aliphatic heterocycles. The van der Waals surface area contributed by atoms with E-state index in [1.54, 1.807) is 0 Å². The summed E-state index contributed by atoms with van der Waals surface area (Å²) in [5.74, 6) is 0.0577. The van der Waals surface area contributed by atoms with Crippen molar-refractivity contribution in [2.45, 2.75) is 89.2 Å². The van der Waals surface area contributed by atoms with Gasteiger partial charge in [0.1, 0.15) is 6.10 Å². The van der Waals surface area contributed by atoms with Gasteiger partial charge in [-0.05, 0) is 25.7 Å². The van der Waals surface area contributed by atoms with Crippen molar-refractivity contribution in [1.29, 1.82) is 0 Å². The lowest BCUT2D eigenvalue weighted by Crippen LogP contribution is -2.45. The number of hydrogen-bond donors (Lipinski definition) is 0. The quantitative estimate of drug-likeness (QED) is 0.530. The van der Waals surface area contributed by atoms with Crippen LogP contribution in [0.25, 0.3) is 0 Å². The van der Waals surface area contributed by atoms with Crippen LogP contribution in [0.15, 0.2) is 5.18 Å². The van der Waals surface area contributed by atoms with E-state index >= 15 is 0 Å². The number of carbonyl (C=O) groups excluding carboxylic acids is 1. The molecule has 0 spiro atoms. The molecule has 3 unspecified atom stereocenters. The van der Waals surface area contributed by atoms with E-state index < -0.39 is 0 Å². The van der Waals surface area contributed by atoms with Crippen molar-refractivity contribution >= 4 is 5.97 Å². The molecule has 1 saturated heterocycles. The molecular weight excluding hydrogens is 254 g/mol. The summed E-state index contributed by atoms with van der Waals surface area (Å²) in [7, 11) is 0. The van der Waals surface area contributed by atoms with Crippen molar-refractivity contribution in [1.82, 2.24) is 0 Å². The lowest BCUT2D eigenvalue weighted by molar-refractivity contribution is -0.186. The number of ether oxygens (including phenoxy) is 1. The van der Waals surface area contributed by atoms with Gasteiger partial charge < -0.3 is 4.74 Å². The van der Waals surface area contributed by atoms with Crippen molar-refractivity contribution in [2.24, 2.45) is 11.1 Å². The predicted octanol–water partition coefficient (Wildman–Crippen LogP) is 4.36. The van der Waals surface area contributed by atoms with Gasteiger partial charge in [0.2, 0.25) is 0 Å². The van der Waals surface area contributed by atoms with E-state index in [9.17, 15) is 9.70 Å². The molecule has 1 aliphatic carbocycles. The van der Waals surface area contributed by atoms with Gasteiger partial charge in [-0.25, -0.2) is 0 Å². The first kappa shape index (κ1) is 15.5. The van der Waals surface area contributed by atoms with Crippen LogP contribution in [0.2, 0.25) is 0 Å². The number of carbonyl (C=O) groups is 1. The molecule has 1 heterocycles. The highest BCUT2D eigenvalue weighted by atomic mass is 16.6. The highest BCUT2D eigenvalue weighted by Crippen LogP contribution is 2.32. The maximum Gasteiger partial charge on any atom is 0.313 e. The average molecular weight is 281 g/mol. The van der Waals surface area contributed by atoms with Crippen molar-refractivity contribution in [3.8, 4) is 0 Å². The number of nitroso groups, excluding NO2 is 1. The van der Waals surface area contributed by atoms with Gasteiger partial charge in [-0.15, -0.1) is 0 Å². The minimum Gasteiger partial charge on any atom is -0.461 e. The summed E-state index contributed by atoms with van der Waals surface area (Å²) in [6.45, 7) is 0. The third-order valence-corrected chi connectivity index (χ3v) is 4.76. The van der Waals surface area contributed by atoms with Gasteiger partial charge in [0.05, 0.1) is 12.0 Å². The molecule has 2 aliphatic rings. The van der Waals surface area contributed by atoms with Crippen LogP contribution in [-0.2, 0) is 9.53 Å². The largest absolute Gasteiger partial charge is 0.461 e. The number of esters is 1. The standard InChI is InChI=1S/C16H27NO3/c18-16-14-10-8-6-4-2-1-3-5-7-9-13(17-19)11-12-15(14)20-16/h13-15H,1-12H2. The van der Waals surface area contributed by atoms with Crippen molar-refractivity contribution in [3.63, 3.8) is 0 Å². The summed E-state index contributed by atoms with van der Waals surface area (Å²) in [6, 6.07) is -0.0833. The summed E-state index contributed by atoms with van der Waals surface area (Å²) in [6.07, 6.45) is 13.3. The molecular formula is C16H27NO3. The molecule has 20 heavy (non-hydrogen) atoms. The van der Waals surface area contributed by atoms with Crippen molar-refractivity contribution < 1.29 is 9.53 Å². The Bertz CT molecular complexity index is 319. The maximum atomic E-state index is 11.5.